The molecule has 2 aromatic carbocycles. The van der Waals surface area contributed by atoms with Crippen LogP contribution in [-0.4, -0.2) is 61.3 Å². The molecule has 1 atom stereocenters. The minimum absolute atomic E-state index is 0.0919. The van der Waals surface area contributed by atoms with Crippen LogP contribution in [0.2, 0.25) is 0 Å². The van der Waals surface area contributed by atoms with Crippen molar-refractivity contribution in [2.45, 2.75) is 39.2 Å². The Kier molecular flexibility index (Phi) is 7.86. The van der Waals surface area contributed by atoms with Crippen LogP contribution >= 0.6 is 0 Å². The summed E-state index contributed by atoms with van der Waals surface area (Å²) in [7, 11) is 0. The van der Waals surface area contributed by atoms with Crippen molar-refractivity contribution < 1.29 is 32.2 Å². The molecule has 0 aliphatic carbocycles. The van der Waals surface area contributed by atoms with Gasteiger partial charge >= 0.3 is 6.18 Å². The lowest BCUT2D eigenvalue weighted by Crippen LogP contribution is -2.51. The average molecular weight is 493 g/mol. The van der Waals surface area contributed by atoms with Gasteiger partial charge in [0.25, 0.3) is 5.91 Å². The van der Waals surface area contributed by atoms with Crippen LogP contribution in [0, 0.1) is 5.92 Å². The lowest BCUT2D eigenvalue weighted by Gasteiger charge is -2.35. The quantitative estimate of drug-likeness (QED) is 0.575. The number of alkyl halides is 3. The number of halogens is 3. The highest BCUT2D eigenvalue weighted by atomic mass is 19.4. The fourth-order valence-corrected chi connectivity index (χ4v) is 4.34. The maximum absolute atomic E-state index is 13.5. The van der Waals surface area contributed by atoms with Gasteiger partial charge in [0.2, 0.25) is 0 Å². The number of rotatable bonds is 7. The number of morpholine rings is 1. The van der Waals surface area contributed by atoms with Gasteiger partial charge in [-0.1, -0.05) is 32.0 Å². The molecule has 1 unspecified atom stereocenters. The summed E-state index contributed by atoms with van der Waals surface area (Å²) in [5.41, 5.74) is 1.04. The SMILES string of the molecule is CC(C)CN(Cc1ccc2c(c1)OCCO2)C(=O)C1CN(Cc2ccc(C(F)(F)F)cc2)CCO1. The summed E-state index contributed by atoms with van der Waals surface area (Å²) in [6.45, 7) is 7.97. The summed E-state index contributed by atoms with van der Waals surface area (Å²) in [5.74, 6) is 1.56. The number of ether oxygens (including phenoxy) is 3. The molecule has 2 aliphatic rings. The van der Waals surface area contributed by atoms with E-state index in [0.717, 1.165) is 23.3 Å². The lowest BCUT2D eigenvalue weighted by atomic mass is 10.1. The molecule has 6 nitrogen and oxygen atoms in total. The number of fused-ring (bicyclic) bond motifs is 1. The minimum atomic E-state index is -4.36. The normalized spacial score (nSPS) is 18.5. The van der Waals surface area contributed by atoms with Gasteiger partial charge in [-0.3, -0.25) is 9.69 Å². The van der Waals surface area contributed by atoms with Gasteiger partial charge in [0.15, 0.2) is 11.5 Å². The number of amides is 1. The fraction of sp³-hybridized carbons (Fsp3) is 0.500. The number of carbonyl (C=O) groups is 1. The van der Waals surface area contributed by atoms with Crippen LogP contribution in [0.15, 0.2) is 42.5 Å². The average Bonchev–Trinajstić information content (AvgIpc) is 2.83. The van der Waals surface area contributed by atoms with Crippen molar-refractivity contribution >= 4 is 5.91 Å². The molecule has 0 radical (unpaired) electrons. The van der Waals surface area contributed by atoms with Gasteiger partial charge < -0.3 is 19.1 Å². The van der Waals surface area contributed by atoms with Gasteiger partial charge in [-0.15, -0.1) is 0 Å². The number of hydrogen-bond acceptors (Lipinski definition) is 5. The van der Waals surface area contributed by atoms with Crippen LogP contribution in [-0.2, 0) is 28.8 Å². The van der Waals surface area contributed by atoms with Gasteiger partial charge in [-0.2, -0.15) is 13.2 Å². The van der Waals surface area contributed by atoms with Crippen molar-refractivity contribution in [2.24, 2.45) is 5.92 Å². The zero-order chi connectivity index (χ0) is 25.0. The summed E-state index contributed by atoms with van der Waals surface area (Å²) >= 11 is 0. The summed E-state index contributed by atoms with van der Waals surface area (Å²) in [6, 6.07) is 10.9. The Morgan fingerprint density at radius 2 is 1.71 bits per heavy atom. The molecule has 35 heavy (non-hydrogen) atoms. The molecule has 0 spiro atoms. The Hall–Kier alpha value is -2.78. The van der Waals surface area contributed by atoms with Gasteiger partial charge in [0.1, 0.15) is 19.3 Å². The van der Waals surface area contributed by atoms with E-state index in [0.29, 0.717) is 64.0 Å². The Balaban J connectivity index is 1.41. The molecule has 1 fully saturated rings. The largest absolute Gasteiger partial charge is 0.486 e. The van der Waals surface area contributed by atoms with Crippen molar-refractivity contribution in [1.29, 1.82) is 0 Å². The van der Waals surface area contributed by atoms with Crippen molar-refractivity contribution in [3.8, 4) is 11.5 Å². The van der Waals surface area contributed by atoms with Crippen molar-refractivity contribution in [3.05, 3.63) is 59.2 Å². The molecule has 0 saturated carbocycles. The van der Waals surface area contributed by atoms with Gasteiger partial charge in [0, 0.05) is 32.7 Å². The molecule has 4 rings (SSSR count). The lowest BCUT2D eigenvalue weighted by molar-refractivity contribution is -0.151. The molecule has 2 aliphatic heterocycles. The number of benzene rings is 2. The predicted molar refractivity (Wildman–Crippen MR) is 124 cm³/mol. The molecular weight excluding hydrogens is 461 g/mol. The summed E-state index contributed by atoms with van der Waals surface area (Å²) < 4.78 is 55.6. The Labute approximate surface area is 203 Å². The summed E-state index contributed by atoms with van der Waals surface area (Å²) in [5, 5.41) is 0. The van der Waals surface area contributed by atoms with Crippen LogP contribution < -0.4 is 9.47 Å². The highest BCUT2D eigenvalue weighted by Crippen LogP contribution is 2.32. The fourth-order valence-electron chi connectivity index (χ4n) is 4.34. The highest BCUT2D eigenvalue weighted by molar-refractivity contribution is 5.81. The van der Waals surface area contributed by atoms with Crippen LogP contribution in [0.25, 0.3) is 0 Å². The second kappa shape index (κ2) is 10.9. The first-order chi connectivity index (χ1) is 16.7. The maximum atomic E-state index is 13.5. The van der Waals surface area contributed by atoms with Crippen LogP contribution in [0.1, 0.15) is 30.5 Å². The predicted octanol–water partition coefficient (Wildman–Crippen LogP) is 4.36. The molecule has 9 heteroatoms. The van der Waals surface area contributed by atoms with Crippen molar-refractivity contribution in [3.63, 3.8) is 0 Å². The van der Waals surface area contributed by atoms with Crippen molar-refractivity contribution in [1.82, 2.24) is 9.80 Å². The van der Waals surface area contributed by atoms with E-state index in [-0.39, 0.29) is 11.8 Å². The molecule has 1 saturated heterocycles. The third kappa shape index (κ3) is 6.67. The first kappa shape index (κ1) is 25.3. The number of hydrogen-bond donors (Lipinski definition) is 0. The van der Waals surface area contributed by atoms with E-state index in [9.17, 15) is 18.0 Å². The number of carbonyl (C=O) groups excluding carboxylic acids is 1. The van der Waals surface area contributed by atoms with Crippen LogP contribution in [0.4, 0.5) is 13.2 Å². The standard InChI is InChI=1S/C26H31F3N2O4/c1-18(2)14-31(16-20-5-8-22-23(13-20)35-12-11-34-22)25(32)24-17-30(9-10-33-24)15-19-3-6-21(7-4-19)26(27,28)29/h3-8,13,18,24H,9-12,14-17H2,1-2H3. The smallest absolute Gasteiger partial charge is 0.416 e. The van der Waals surface area contributed by atoms with Gasteiger partial charge in [-0.25, -0.2) is 0 Å². The second-order valence-electron chi connectivity index (χ2n) is 9.38. The highest BCUT2D eigenvalue weighted by Gasteiger charge is 2.32. The molecule has 2 aromatic rings. The van der Waals surface area contributed by atoms with E-state index < -0.39 is 17.8 Å². The third-order valence-electron chi connectivity index (χ3n) is 5.99. The first-order valence-corrected chi connectivity index (χ1v) is 11.9. The molecule has 2 heterocycles. The van der Waals surface area contributed by atoms with Gasteiger partial charge in [-0.05, 0) is 41.3 Å². The van der Waals surface area contributed by atoms with E-state index >= 15 is 0 Å². The monoisotopic (exact) mass is 492 g/mol. The molecule has 0 N–H and O–H groups in total. The molecule has 190 valence electrons. The summed E-state index contributed by atoms with van der Waals surface area (Å²) in [6.07, 6.45) is -4.99. The zero-order valence-corrected chi connectivity index (χ0v) is 20.0. The topological polar surface area (TPSA) is 51.2 Å². The van der Waals surface area contributed by atoms with E-state index in [1.165, 1.54) is 12.1 Å². The van der Waals surface area contributed by atoms with E-state index in [1.807, 2.05) is 28.0 Å². The summed E-state index contributed by atoms with van der Waals surface area (Å²) in [4.78, 5) is 17.3. The molecule has 0 aromatic heterocycles. The molecule has 0 bridgehead atoms. The van der Waals surface area contributed by atoms with E-state index in [2.05, 4.69) is 13.8 Å². The Morgan fingerprint density at radius 1 is 1.03 bits per heavy atom. The molecule has 1 amide bonds. The van der Waals surface area contributed by atoms with Gasteiger partial charge in [0.05, 0.1) is 12.2 Å². The Bertz CT molecular complexity index is 1010. The van der Waals surface area contributed by atoms with Crippen LogP contribution in [0.3, 0.4) is 0 Å². The maximum Gasteiger partial charge on any atom is 0.416 e. The van der Waals surface area contributed by atoms with E-state index in [1.54, 1.807) is 0 Å². The van der Waals surface area contributed by atoms with Crippen molar-refractivity contribution in [2.75, 3.05) is 39.5 Å². The van der Waals surface area contributed by atoms with Crippen LogP contribution in [0.5, 0.6) is 11.5 Å². The minimum Gasteiger partial charge on any atom is -0.486 e. The van der Waals surface area contributed by atoms with E-state index in [4.69, 9.17) is 14.2 Å². The third-order valence-corrected chi connectivity index (χ3v) is 5.99. The zero-order valence-electron chi connectivity index (χ0n) is 20.0. The Morgan fingerprint density at radius 3 is 2.40 bits per heavy atom. The molecular formula is C26H31F3N2O4. The second-order valence-corrected chi connectivity index (χ2v) is 9.38. The number of nitrogens with zero attached hydrogens (tertiary/aromatic N) is 2. The first-order valence-electron chi connectivity index (χ1n) is 11.9.